The normalized spacial score (nSPS) is 20.4. The molecule has 20 heavy (non-hydrogen) atoms. The summed E-state index contributed by atoms with van der Waals surface area (Å²) in [5.74, 6) is 0.879. The molecule has 0 bridgehead atoms. The zero-order valence-corrected chi connectivity index (χ0v) is 14.1. The lowest BCUT2D eigenvalue weighted by molar-refractivity contribution is -0.127. The van der Waals surface area contributed by atoms with Crippen LogP contribution in [0.15, 0.2) is 4.99 Å². The topological polar surface area (TPSA) is 47.9 Å². The minimum absolute atomic E-state index is 0.0263. The van der Waals surface area contributed by atoms with Crippen molar-refractivity contribution in [2.24, 2.45) is 10.4 Å². The van der Waals surface area contributed by atoms with Gasteiger partial charge < -0.3 is 15.1 Å². The number of hydrogen-bond acceptors (Lipinski definition) is 2. The number of likely N-dealkylation sites (N-methyl/N-ethyl adjacent to an activating group) is 1. The van der Waals surface area contributed by atoms with E-state index in [-0.39, 0.29) is 23.4 Å². The van der Waals surface area contributed by atoms with Crippen LogP contribution in [0.3, 0.4) is 0 Å². The molecular formula is C15H30N4O. The lowest BCUT2D eigenvalue weighted by Crippen LogP contribution is -2.72. The molecule has 0 aromatic heterocycles. The number of carbonyl (C=O) groups is 1. The number of guanidine groups is 1. The molecule has 0 spiro atoms. The molecule has 5 heteroatoms. The Morgan fingerprint density at radius 2 is 1.90 bits per heavy atom. The summed E-state index contributed by atoms with van der Waals surface area (Å²) in [5, 5.41) is 3.36. The summed E-state index contributed by atoms with van der Waals surface area (Å²) < 4.78 is 0. The number of aliphatic imine (C=N–C) groups is 1. The third kappa shape index (κ3) is 3.25. The second kappa shape index (κ2) is 6.02. The van der Waals surface area contributed by atoms with Crippen molar-refractivity contribution in [1.82, 2.24) is 15.1 Å². The SMILES string of the molecule is CCCNC(=NCC(=O)N(C)C)N1CC(C)(C)C1(C)C. The highest BCUT2D eigenvalue weighted by Gasteiger charge is 2.53. The van der Waals surface area contributed by atoms with Crippen molar-refractivity contribution in [3.63, 3.8) is 0 Å². The molecule has 0 radical (unpaired) electrons. The van der Waals surface area contributed by atoms with Gasteiger partial charge in [-0.1, -0.05) is 20.8 Å². The summed E-state index contributed by atoms with van der Waals surface area (Å²) >= 11 is 0. The fourth-order valence-electron chi connectivity index (χ4n) is 2.16. The molecule has 0 atom stereocenters. The molecule has 0 unspecified atom stereocenters. The van der Waals surface area contributed by atoms with E-state index in [4.69, 9.17) is 0 Å². The molecule has 1 aliphatic rings. The molecular weight excluding hydrogens is 252 g/mol. The molecule has 1 N–H and O–H groups in total. The summed E-state index contributed by atoms with van der Waals surface area (Å²) in [5.41, 5.74) is 0.307. The number of hydrogen-bond donors (Lipinski definition) is 1. The van der Waals surface area contributed by atoms with Crippen LogP contribution in [-0.4, -0.2) is 60.9 Å². The number of rotatable bonds is 4. The van der Waals surface area contributed by atoms with E-state index in [0.717, 1.165) is 25.5 Å². The Hall–Kier alpha value is -1.26. The Labute approximate surface area is 123 Å². The molecule has 0 aromatic carbocycles. The van der Waals surface area contributed by atoms with Gasteiger partial charge in [0.15, 0.2) is 5.96 Å². The number of likely N-dealkylation sites (tertiary alicyclic amines) is 1. The number of carbonyl (C=O) groups excluding carboxylic acids is 1. The second-order valence-corrected chi connectivity index (χ2v) is 6.88. The van der Waals surface area contributed by atoms with Gasteiger partial charge in [-0.2, -0.15) is 0 Å². The van der Waals surface area contributed by atoms with Gasteiger partial charge in [0.05, 0.1) is 0 Å². The smallest absolute Gasteiger partial charge is 0.243 e. The maximum absolute atomic E-state index is 11.7. The zero-order valence-electron chi connectivity index (χ0n) is 14.1. The van der Waals surface area contributed by atoms with Gasteiger partial charge in [0.2, 0.25) is 5.91 Å². The molecule has 0 aliphatic carbocycles. The van der Waals surface area contributed by atoms with Crippen LogP contribution < -0.4 is 5.32 Å². The third-order valence-electron chi connectivity index (χ3n) is 4.54. The average Bonchev–Trinajstić information content (AvgIpc) is 2.36. The van der Waals surface area contributed by atoms with E-state index in [1.807, 2.05) is 0 Å². The lowest BCUT2D eigenvalue weighted by atomic mass is 9.65. The zero-order chi connectivity index (χ0) is 15.6. The molecule has 1 saturated heterocycles. The summed E-state index contributed by atoms with van der Waals surface area (Å²) in [7, 11) is 3.52. The highest BCUT2D eigenvalue weighted by Crippen LogP contribution is 2.46. The quantitative estimate of drug-likeness (QED) is 0.629. The highest BCUT2D eigenvalue weighted by atomic mass is 16.2. The van der Waals surface area contributed by atoms with Crippen LogP contribution in [0.25, 0.3) is 0 Å². The first-order chi connectivity index (χ1) is 9.13. The molecule has 1 aliphatic heterocycles. The maximum atomic E-state index is 11.7. The van der Waals surface area contributed by atoms with Crippen molar-refractivity contribution in [2.75, 3.05) is 33.7 Å². The van der Waals surface area contributed by atoms with Gasteiger partial charge in [0.1, 0.15) is 6.54 Å². The van der Waals surface area contributed by atoms with Crippen LogP contribution in [0.4, 0.5) is 0 Å². The lowest BCUT2D eigenvalue weighted by Gasteiger charge is -2.62. The fraction of sp³-hybridized carbons (Fsp3) is 0.867. The summed E-state index contributed by atoms with van der Waals surface area (Å²) in [4.78, 5) is 20.1. The van der Waals surface area contributed by atoms with Crippen LogP contribution in [0.2, 0.25) is 0 Å². The van der Waals surface area contributed by atoms with Crippen LogP contribution >= 0.6 is 0 Å². The van der Waals surface area contributed by atoms with Crippen molar-refractivity contribution in [3.05, 3.63) is 0 Å². The van der Waals surface area contributed by atoms with Gasteiger partial charge in [-0.3, -0.25) is 4.79 Å². The first-order valence-corrected chi connectivity index (χ1v) is 7.39. The fourth-order valence-corrected chi connectivity index (χ4v) is 2.16. The Bertz CT molecular complexity index is 385. The van der Waals surface area contributed by atoms with E-state index in [2.05, 4.69) is 49.8 Å². The highest BCUT2D eigenvalue weighted by molar-refractivity contribution is 5.86. The number of nitrogens with one attached hydrogen (secondary N) is 1. The number of amides is 1. The predicted octanol–water partition coefficient (Wildman–Crippen LogP) is 1.55. The first kappa shape index (κ1) is 16.8. The summed E-state index contributed by atoms with van der Waals surface area (Å²) in [6.45, 7) is 13.2. The van der Waals surface area contributed by atoms with Gasteiger partial charge in [0.25, 0.3) is 0 Å². The van der Waals surface area contributed by atoms with Gasteiger partial charge in [-0.05, 0) is 20.3 Å². The molecule has 1 rings (SSSR count). The van der Waals surface area contributed by atoms with Gasteiger partial charge in [0, 0.05) is 38.1 Å². The van der Waals surface area contributed by atoms with Gasteiger partial charge in [-0.25, -0.2) is 4.99 Å². The van der Waals surface area contributed by atoms with Gasteiger partial charge in [-0.15, -0.1) is 0 Å². The first-order valence-electron chi connectivity index (χ1n) is 7.39. The molecule has 116 valence electrons. The molecule has 5 nitrogen and oxygen atoms in total. The van der Waals surface area contributed by atoms with Crippen LogP contribution in [-0.2, 0) is 4.79 Å². The van der Waals surface area contributed by atoms with E-state index in [1.165, 1.54) is 0 Å². The number of nitrogens with zero attached hydrogens (tertiary/aromatic N) is 3. The molecule has 0 aromatic rings. The average molecular weight is 282 g/mol. The summed E-state index contributed by atoms with van der Waals surface area (Å²) in [6.07, 6.45) is 1.04. The van der Waals surface area contributed by atoms with Crippen LogP contribution in [0, 0.1) is 5.41 Å². The van der Waals surface area contributed by atoms with Crippen molar-refractivity contribution >= 4 is 11.9 Å². The Balaban J connectivity index is 2.81. The van der Waals surface area contributed by atoms with Crippen molar-refractivity contribution in [2.45, 2.75) is 46.6 Å². The van der Waals surface area contributed by atoms with E-state index < -0.39 is 0 Å². The minimum Gasteiger partial charge on any atom is -0.356 e. The Morgan fingerprint density at radius 1 is 1.30 bits per heavy atom. The predicted molar refractivity (Wildman–Crippen MR) is 83.9 cm³/mol. The van der Waals surface area contributed by atoms with E-state index >= 15 is 0 Å². The van der Waals surface area contributed by atoms with E-state index in [0.29, 0.717) is 0 Å². The maximum Gasteiger partial charge on any atom is 0.243 e. The van der Waals surface area contributed by atoms with Crippen LogP contribution in [0.1, 0.15) is 41.0 Å². The van der Waals surface area contributed by atoms with Crippen molar-refractivity contribution in [1.29, 1.82) is 0 Å². The van der Waals surface area contributed by atoms with Gasteiger partial charge >= 0.3 is 0 Å². The molecule has 1 amide bonds. The van der Waals surface area contributed by atoms with Crippen molar-refractivity contribution in [3.8, 4) is 0 Å². The van der Waals surface area contributed by atoms with E-state index in [1.54, 1.807) is 19.0 Å². The molecule has 0 saturated carbocycles. The molecule has 1 heterocycles. The molecule has 1 fully saturated rings. The second-order valence-electron chi connectivity index (χ2n) is 6.88. The van der Waals surface area contributed by atoms with Crippen LogP contribution in [0.5, 0.6) is 0 Å². The van der Waals surface area contributed by atoms with E-state index in [9.17, 15) is 4.79 Å². The largest absolute Gasteiger partial charge is 0.356 e. The minimum atomic E-state index is 0.0263. The Morgan fingerprint density at radius 3 is 2.30 bits per heavy atom. The Kier molecular flexibility index (Phi) is 5.05. The van der Waals surface area contributed by atoms with Crippen molar-refractivity contribution < 1.29 is 4.79 Å². The summed E-state index contributed by atoms with van der Waals surface area (Å²) in [6, 6.07) is 0. The standard InChI is InChI=1S/C15H30N4O/c1-8-9-16-13(17-10-12(20)18(6)7)19-11-14(2,3)15(19,4)5/h8-11H2,1-7H3,(H,16,17). The third-order valence-corrected chi connectivity index (χ3v) is 4.54. The monoisotopic (exact) mass is 282 g/mol.